The van der Waals surface area contributed by atoms with Crippen molar-refractivity contribution in [3.05, 3.63) is 23.0 Å². The van der Waals surface area contributed by atoms with Gasteiger partial charge in [0.15, 0.2) is 0 Å². The molecule has 1 N–H and O–H groups in total. The molecule has 1 atom stereocenters. The number of rotatable bonds is 2. The van der Waals surface area contributed by atoms with Crippen molar-refractivity contribution in [3.8, 4) is 0 Å². The smallest absolute Gasteiger partial charge is 0.323 e. The lowest BCUT2D eigenvalue weighted by atomic mass is 10.1. The number of alkyl halides is 7. The minimum atomic E-state index is -5.53. The number of hydrogen-bond donors (Lipinski definition) is 1. The van der Waals surface area contributed by atoms with Gasteiger partial charge in [0.25, 0.3) is 11.6 Å². The van der Waals surface area contributed by atoms with E-state index in [0.29, 0.717) is 6.07 Å². The topological polar surface area (TPSA) is 42.0 Å². The monoisotopic (exact) mass is 338 g/mol. The molecule has 21 heavy (non-hydrogen) atoms. The molecule has 0 saturated carbocycles. The number of carbonyl (C=O) groups excluding carboxylic acids is 1. The first-order chi connectivity index (χ1) is 9.25. The predicted octanol–water partition coefficient (Wildman–Crippen LogP) is 3.98. The number of aromatic nitrogens is 1. The van der Waals surface area contributed by atoms with E-state index in [4.69, 9.17) is 11.6 Å². The van der Waals surface area contributed by atoms with Crippen LogP contribution >= 0.6 is 11.6 Å². The van der Waals surface area contributed by atoms with Crippen LogP contribution in [0.15, 0.2) is 12.1 Å². The Morgan fingerprint density at radius 3 is 2.10 bits per heavy atom. The van der Waals surface area contributed by atoms with E-state index in [0.717, 1.165) is 0 Å². The summed E-state index contributed by atoms with van der Waals surface area (Å²) in [6, 6.07) is 0.886. The molecule has 1 amide bonds. The summed E-state index contributed by atoms with van der Waals surface area (Å²) < 4.78 is 87.4. The highest BCUT2D eigenvalue weighted by Crippen LogP contribution is 2.35. The predicted molar refractivity (Wildman–Crippen MR) is 58.4 cm³/mol. The first-order valence-electron chi connectivity index (χ1n) is 5.07. The first kappa shape index (κ1) is 17.5. The van der Waals surface area contributed by atoms with Crippen molar-refractivity contribution in [2.75, 3.05) is 5.32 Å². The van der Waals surface area contributed by atoms with Crippen LogP contribution in [0.4, 0.5) is 36.4 Å². The minimum Gasteiger partial charge on any atom is -0.323 e. The summed E-state index contributed by atoms with van der Waals surface area (Å²) in [7, 11) is 0. The lowest BCUT2D eigenvalue weighted by molar-refractivity contribution is -0.218. The summed E-state index contributed by atoms with van der Waals surface area (Å²) in [5.41, 5.74) is -6.58. The molecule has 0 fully saturated rings. The van der Waals surface area contributed by atoms with Crippen LogP contribution in [-0.2, 0) is 11.0 Å². The average molecular weight is 339 g/mol. The molecule has 118 valence electrons. The fraction of sp³-hybridized carbons (Fsp3) is 0.400. The van der Waals surface area contributed by atoms with Crippen LogP contribution in [0.1, 0.15) is 12.6 Å². The van der Waals surface area contributed by atoms with E-state index in [-0.39, 0.29) is 13.0 Å². The molecule has 0 aliphatic carbocycles. The van der Waals surface area contributed by atoms with Gasteiger partial charge in [0, 0.05) is 5.69 Å². The number of anilines is 1. The summed E-state index contributed by atoms with van der Waals surface area (Å²) in [5, 5.41) is 0.655. The summed E-state index contributed by atoms with van der Waals surface area (Å²) in [6.07, 6.45) is -10.5. The Hall–Kier alpha value is -1.58. The zero-order valence-corrected chi connectivity index (χ0v) is 10.8. The Kier molecular flexibility index (Phi) is 4.42. The Morgan fingerprint density at radius 2 is 1.67 bits per heavy atom. The van der Waals surface area contributed by atoms with Crippen molar-refractivity contribution in [2.45, 2.75) is 24.9 Å². The zero-order chi connectivity index (χ0) is 16.6. The van der Waals surface area contributed by atoms with E-state index in [1.807, 2.05) is 0 Å². The van der Waals surface area contributed by atoms with E-state index in [1.54, 1.807) is 0 Å². The number of nitrogens with zero attached hydrogens (tertiary/aromatic N) is 1. The highest BCUT2D eigenvalue weighted by molar-refractivity contribution is 6.29. The van der Waals surface area contributed by atoms with Gasteiger partial charge in [-0.3, -0.25) is 4.79 Å². The van der Waals surface area contributed by atoms with Gasteiger partial charge in [-0.05, 0) is 19.1 Å². The van der Waals surface area contributed by atoms with Crippen LogP contribution in [0.3, 0.4) is 0 Å². The number of amides is 1. The molecular formula is C10H6ClF7N2O. The van der Waals surface area contributed by atoms with Gasteiger partial charge >= 0.3 is 12.4 Å². The van der Waals surface area contributed by atoms with E-state index >= 15 is 0 Å². The summed E-state index contributed by atoms with van der Waals surface area (Å²) in [5.74, 6) is -2.18. The van der Waals surface area contributed by atoms with Crippen LogP contribution in [0, 0.1) is 0 Å². The van der Waals surface area contributed by atoms with Crippen molar-refractivity contribution in [3.63, 3.8) is 0 Å². The number of hydrogen-bond acceptors (Lipinski definition) is 2. The maximum Gasteiger partial charge on any atom is 0.433 e. The Balaban J connectivity index is 3.10. The maximum absolute atomic E-state index is 13.3. The van der Waals surface area contributed by atoms with Crippen LogP contribution < -0.4 is 5.32 Å². The third-order valence-corrected chi connectivity index (χ3v) is 2.49. The maximum atomic E-state index is 13.3. The van der Waals surface area contributed by atoms with Gasteiger partial charge in [-0.1, -0.05) is 11.6 Å². The molecule has 1 aromatic rings. The van der Waals surface area contributed by atoms with Crippen molar-refractivity contribution in [1.29, 1.82) is 0 Å². The third kappa shape index (κ3) is 3.96. The molecule has 0 radical (unpaired) electrons. The molecule has 0 aliphatic heterocycles. The number of halogens is 8. The summed E-state index contributed by atoms with van der Waals surface area (Å²) >= 11 is 5.27. The fourth-order valence-electron chi connectivity index (χ4n) is 1.09. The largest absolute Gasteiger partial charge is 0.433 e. The molecule has 1 heterocycles. The Labute approximate surface area is 118 Å². The van der Waals surface area contributed by atoms with Gasteiger partial charge in [0.1, 0.15) is 10.8 Å². The standard InChI is InChI=1S/C10H6ClF7N2O/c1-8(12,10(16,17)18)7(21)19-4-2-5(9(13,14)15)20-6(11)3-4/h2-3H,1H3,(H,19,20,21). The number of nitrogens with one attached hydrogen (secondary N) is 1. The molecule has 0 spiro atoms. The van der Waals surface area contributed by atoms with Crippen molar-refractivity contribution >= 4 is 23.2 Å². The van der Waals surface area contributed by atoms with Gasteiger partial charge in [-0.15, -0.1) is 0 Å². The van der Waals surface area contributed by atoms with Crippen LogP contribution in [0.2, 0.25) is 5.15 Å². The van der Waals surface area contributed by atoms with Gasteiger partial charge in [0.2, 0.25) is 0 Å². The molecule has 1 unspecified atom stereocenters. The molecule has 1 rings (SSSR count). The van der Waals surface area contributed by atoms with E-state index in [2.05, 4.69) is 4.98 Å². The normalized spacial score (nSPS) is 15.5. The van der Waals surface area contributed by atoms with Crippen molar-refractivity contribution in [2.24, 2.45) is 0 Å². The molecule has 1 aromatic heterocycles. The van der Waals surface area contributed by atoms with Gasteiger partial charge in [-0.2, -0.15) is 26.3 Å². The Bertz CT molecular complexity index is 553. The molecule has 11 heteroatoms. The molecule has 0 saturated heterocycles. The van der Waals surface area contributed by atoms with E-state index in [1.165, 1.54) is 5.32 Å². The number of carbonyl (C=O) groups is 1. The van der Waals surface area contributed by atoms with Gasteiger partial charge in [0.05, 0.1) is 0 Å². The minimum absolute atomic E-state index is 0.0597. The Morgan fingerprint density at radius 1 is 1.14 bits per heavy atom. The average Bonchev–Trinajstić information content (AvgIpc) is 2.25. The lowest BCUT2D eigenvalue weighted by Crippen LogP contribution is -2.48. The highest BCUT2D eigenvalue weighted by atomic mass is 35.5. The summed E-state index contributed by atoms with van der Waals surface area (Å²) in [4.78, 5) is 14.1. The molecular weight excluding hydrogens is 333 g/mol. The van der Waals surface area contributed by atoms with Crippen LogP contribution in [0.25, 0.3) is 0 Å². The molecule has 3 nitrogen and oxygen atoms in total. The lowest BCUT2D eigenvalue weighted by Gasteiger charge is -2.22. The van der Waals surface area contributed by atoms with Crippen LogP contribution in [0.5, 0.6) is 0 Å². The van der Waals surface area contributed by atoms with Crippen molar-refractivity contribution < 1.29 is 35.5 Å². The molecule has 0 aliphatic rings. The van der Waals surface area contributed by atoms with Crippen LogP contribution in [-0.4, -0.2) is 22.7 Å². The van der Waals surface area contributed by atoms with Gasteiger partial charge < -0.3 is 5.32 Å². The third-order valence-electron chi connectivity index (χ3n) is 2.30. The quantitative estimate of drug-likeness (QED) is 0.654. The van der Waals surface area contributed by atoms with Gasteiger partial charge in [-0.25, -0.2) is 9.37 Å². The highest BCUT2D eigenvalue weighted by Gasteiger charge is 2.58. The molecule has 0 bridgehead atoms. The van der Waals surface area contributed by atoms with E-state index in [9.17, 15) is 35.5 Å². The van der Waals surface area contributed by atoms with E-state index < -0.39 is 40.5 Å². The first-order valence-corrected chi connectivity index (χ1v) is 5.45. The SMILES string of the molecule is CC(F)(C(=O)Nc1cc(Cl)nc(C(F)(F)F)c1)C(F)(F)F. The van der Waals surface area contributed by atoms with Crippen molar-refractivity contribution in [1.82, 2.24) is 4.98 Å². The second-order valence-electron chi connectivity index (χ2n) is 4.02. The number of pyridine rings is 1. The zero-order valence-electron chi connectivity index (χ0n) is 10.0. The molecule has 0 aromatic carbocycles. The summed E-state index contributed by atoms with van der Waals surface area (Å²) in [6.45, 7) is -0.0597. The second kappa shape index (κ2) is 5.32. The fourth-order valence-corrected chi connectivity index (χ4v) is 1.30. The second-order valence-corrected chi connectivity index (χ2v) is 4.40.